The van der Waals surface area contributed by atoms with E-state index in [-0.39, 0.29) is 12.3 Å². The molecule has 26 heavy (non-hydrogen) atoms. The van der Waals surface area contributed by atoms with E-state index < -0.39 is 0 Å². The van der Waals surface area contributed by atoms with Crippen molar-refractivity contribution in [3.05, 3.63) is 69.1 Å². The highest BCUT2D eigenvalue weighted by atomic mass is 79.9. The van der Waals surface area contributed by atoms with Gasteiger partial charge in [0.05, 0.1) is 12.1 Å². The molecule has 134 valence electrons. The third kappa shape index (κ3) is 4.40. The molecule has 0 spiro atoms. The molecule has 0 saturated carbocycles. The van der Waals surface area contributed by atoms with Gasteiger partial charge in [-0.1, -0.05) is 60.1 Å². The fourth-order valence-electron chi connectivity index (χ4n) is 2.89. The molecule has 1 amide bonds. The van der Waals surface area contributed by atoms with Crippen molar-refractivity contribution in [1.82, 2.24) is 4.98 Å². The first-order valence-corrected chi connectivity index (χ1v) is 10.4. The second kappa shape index (κ2) is 8.60. The van der Waals surface area contributed by atoms with Crippen molar-refractivity contribution in [2.75, 3.05) is 5.32 Å². The highest BCUT2D eigenvalue weighted by Gasteiger charge is 2.13. The number of hydrogen-bond donors (Lipinski definition) is 1. The summed E-state index contributed by atoms with van der Waals surface area (Å²) in [6.07, 6.45) is 2.08. The summed E-state index contributed by atoms with van der Waals surface area (Å²) >= 11 is 5.05. The van der Waals surface area contributed by atoms with E-state index in [0.29, 0.717) is 0 Å². The van der Waals surface area contributed by atoms with E-state index in [1.165, 1.54) is 11.1 Å². The number of halogens is 1. The molecule has 0 fully saturated rings. The van der Waals surface area contributed by atoms with Gasteiger partial charge in [0.25, 0.3) is 0 Å². The van der Waals surface area contributed by atoms with Gasteiger partial charge in [-0.05, 0) is 36.1 Å². The van der Waals surface area contributed by atoms with Crippen molar-refractivity contribution in [1.29, 1.82) is 0 Å². The summed E-state index contributed by atoms with van der Waals surface area (Å²) in [6.45, 7) is 4.21. The number of nitrogens with one attached hydrogen (secondary N) is 1. The Labute approximate surface area is 166 Å². The van der Waals surface area contributed by atoms with Crippen LogP contribution in [0.1, 0.15) is 30.7 Å². The second-order valence-electron chi connectivity index (χ2n) is 6.04. The Morgan fingerprint density at radius 3 is 2.46 bits per heavy atom. The van der Waals surface area contributed by atoms with Crippen LogP contribution >= 0.6 is 27.3 Å². The zero-order valence-corrected chi connectivity index (χ0v) is 17.3. The van der Waals surface area contributed by atoms with E-state index in [2.05, 4.69) is 58.3 Å². The molecule has 3 nitrogen and oxygen atoms in total. The van der Waals surface area contributed by atoms with Crippen LogP contribution in [-0.4, -0.2) is 10.9 Å². The van der Waals surface area contributed by atoms with Gasteiger partial charge < -0.3 is 5.32 Å². The number of aryl methyl sites for hydroxylation is 2. The summed E-state index contributed by atoms with van der Waals surface area (Å²) in [5.74, 6) is -0.0216. The molecule has 1 N–H and O–H groups in total. The van der Waals surface area contributed by atoms with Gasteiger partial charge >= 0.3 is 0 Å². The van der Waals surface area contributed by atoms with Crippen molar-refractivity contribution in [2.45, 2.75) is 33.1 Å². The van der Waals surface area contributed by atoms with E-state index in [9.17, 15) is 4.79 Å². The van der Waals surface area contributed by atoms with Gasteiger partial charge in [0.15, 0.2) is 0 Å². The van der Waals surface area contributed by atoms with Crippen LogP contribution < -0.4 is 5.32 Å². The van der Waals surface area contributed by atoms with Crippen LogP contribution in [0.4, 0.5) is 5.69 Å². The number of hydrogen-bond acceptors (Lipinski definition) is 3. The number of benzene rings is 2. The summed E-state index contributed by atoms with van der Waals surface area (Å²) in [4.78, 5) is 17.2. The smallest absolute Gasteiger partial charge is 0.230 e. The van der Waals surface area contributed by atoms with E-state index in [1.807, 2.05) is 29.6 Å². The van der Waals surface area contributed by atoms with Crippen molar-refractivity contribution in [3.8, 4) is 10.6 Å². The molecule has 3 rings (SSSR count). The van der Waals surface area contributed by atoms with E-state index in [1.54, 1.807) is 11.3 Å². The van der Waals surface area contributed by atoms with Gasteiger partial charge in [0, 0.05) is 21.1 Å². The van der Waals surface area contributed by atoms with Crippen molar-refractivity contribution >= 4 is 38.9 Å². The van der Waals surface area contributed by atoms with Crippen molar-refractivity contribution in [3.63, 3.8) is 0 Å². The number of carbonyl (C=O) groups is 1. The average molecular weight is 429 g/mol. The topological polar surface area (TPSA) is 42.0 Å². The fraction of sp³-hybridized carbons (Fsp3) is 0.238. The molecule has 0 saturated heterocycles. The summed E-state index contributed by atoms with van der Waals surface area (Å²) in [7, 11) is 0. The largest absolute Gasteiger partial charge is 0.325 e. The van der Waals surface area contributed by atoms with Gasteiger partial charge in [-0.2, -0.15) is 0 Å². The Kier molecular flexibility index (Phi) is 6.22. The maximum Gasteiger partial charge on any atom is 0.230 e. The maximum atomic E-state index is 12.6. The lowest BCUT2D eigenvalue weighted by Crippen LogP contribution is -2.17. The molecule has 0 radical (unpaired) electrons. The normalized spacial score (nSPS) is 10.7. The number of nitrogens with zero attached hydrogens (tertiary/aromatic N) is 1. The lowest BCUT2D eigenvalue weighted by molar-refractivity contribution is -0.115. The van der Waals surface area contributed by atoms with Crippen LogP contribution in [0.25, 0.3) is 10.6 Å². The average Bonchev–Trinajstić information content (AvgIpc) is 3.10. The quantitative estimate of drug-likeness (QED) is 0.532. The van der Waals surface area contributed by atoms with E-state index in [4.69, 9.17) is 0 Å². The Bertz CT molecular complexity index is 898. The molecule has 0 atom stereocenters. The first-order chi connectivity index (χ1) is 12.6. The highest BCUT2D eigenvalue weighted by Crippen LogP contribution is 2.27. The summed E-state index contributed by atoms with van der Waals surface area (Å²) < 4.78 is 1.02. The van der Waals surface area contributed by atoms with Crippen LogP contribution in [0.5, 0.6) is 0 Å². The predicted molar refractivity (Wildman–Crippen MR) is 113 cm³/mol. The van der Waals surface area contributed by atoms with E-state index in [0.717, 1.165) is 39.3 Å². The number of aromatic nitrogens is 1. The molecular formula is C21H21BrN2OS. The summed E-state index contributed by atoms with van der Waals surface area (Å²) in [5.41, 5.74) is 5.16. The molecular weight excluding hydrogens is 408 g/mol. The van der Waals surface area contributed by atoms with E-state index >= 15 is 0 Å². The number of amides is 1. The molecule has 0 aliphatic heterocycles. The van der Waals surface area contributed by atoms with Gasteiger partial charge in [-0.15, -0.1) is 11.3 Å². The molecule has 0 unspecified atom stereocenters. The first-order valence-electron chi connectivity index (χ1n) is 8.71. The third-order valence-corrected chi connectivity index (χ3v) is 5.66. The number of rotatable bonds is 6. The standard InChI is InChI=1S/C21H21BrN2OS/c1-3-14-7-5-8-15(4-2)20(14)24-19(25)12-18-13-26-21(23-18)16-9-6-10-17(22)11-16/h5-11,13H,3-4,12H2,1-2H3,(H,24,25). The molecule has 0 aliphatic rings. The minimum atomic E-state index is -0.0216. The fourth-order valence-corrected chi connectivity index (χ4v) is 4.11. The number of anilines is 1. The zero-order chi connectivity index (χ0) is 18.5. The zero-order valence-electron chi connectivity index (χ0n) is 14.9. The molecule has 2 aromatic carbocycles. The molecule has 5 heteroatoms. The Morgan fingerprint density at radius 2 is 1.81 bits per heavy atom. The lowest BCUT2D eigenvalue weighted by Gasteiger charge is -2.14. The summed E-state index contributed by atoms with van der Waals surface area (Å²) in [5, 5.41) is 5.99. The second-order valence-corrected chi connectivity index (χ2v) is 7.81. The number of carbonyl (C=O) groups excluding carboxylic acids is 1. The Morgan fingerprint density at radius 1 is 1.12 bits per heavy atom. The third-order valence-electron chi connectivity index (χ3n) is 4.23. The Balaban J connectivity index is 1.74. The number of thiazole rings is 1. The minimum Gasteiger partial charge on any atom is -0.325 e. The van der Waals surface area contributed by atoms with Gasteiger partial charge in [-0.3, -0.25) is 4.79 Å². The van der Waals surface area contributed by atoms with Crippen LogP contribution in [-0.2, 0) is 24.1 Å². The van der Waals surface area contributed by atoms with Crippen molar-refractivity contribution < 1.29 is 4.79 Å². The van der Waals surface area contributed by atoms with Crippen LogP contribution in [0, 0.1) is 0 Å². The monoisotopic (exact) mass is 428 g/mol. The molecule has 0 aliphatic carbocycles. The lowest BCUT2D eigenvalue weighted by atomic mass is 10.0. The first kappa shape index (κ1) is 18.8. The van der Waals surface area contributed by atoms with Crippen LogP contribution in [0.3, 0.4) is 0 Å². The molecule has 1 heterocycles. The van der Waals surface area contributed by atoms with Gasteiger partial charge in [0.1, 0.15) is 5.01 Å². The highest BCUT2D eigenvalue weighted by molar-refractivity contribution is 9.10. The molecule has 3 aromatic rings. The van der Waals surface area contributed by atoms with Crippen LogP contribution in [0.15, 0.2) is 52.3 Å². The van der Waals surface area contributed by atoms with Gasteiger partial charge in [0.2, 0.25) is 5.91 Å². The molecule has 1 aromatic heterocycles. The van der Waals surface area contributed by atoms with Crippen molar-refractivity contribution in [2.24, 2.45) is 0 Å². The molecule has 0 bridgehead atoms. The minimum absolute atomic E-state index is 0.0216. The van der Waals surface area contributed by atoms with Crippen LogP contribution in [0.2, 0.25) is 0 Å². The predicted octanol–water partition coefficient (Wildman–Crippen LogP) is 5.88. The summed E-state index contributed by atoms with van der Waals surface area (Å²) in [6, 6.07) is 14.2. The van der Waals surface area contributed by atoms with Gasteiger partial charge in [-0.25, -0.2) is 4.98 Å². The Hall–Kier alpha value is -1.98. The number of para-hydroxylation sites is 1. The maximum absolute atomic E-state index is 12.6. The SMILES string of the molecule is CCc1cccc(CC)c1NC(=O)Cc1csc(-c2cccc(Br)c2)n1.